The molecule has 0 spiro atoms. The molecule has 0 saturated carbocycles. The molecule has 0 aromatic rings. The topological polar surface area (TPSA) is 105 Å². The lowest BCUT2D eigenvalue weighted by Crippen LogP contribution is -2.45. The zero-order valence-corrected chi connectivity index (χ0v) is 57.2. The summed E-state index contributed by atoms with van der Waals surface area (Å²) in [7, 11) is 1.55. The van der Waals surface area contributed by atoms with Gasteiger partial charge in [-0.05, 0) is 89.9 Å². The number of aliphatic hydroxyl groups excluding tert-OH is 1. The van der Waals surface area contributed by atoms with E-state index in [-0.39, 0.29) is 19.1 Å². The van der Waals surface area contributed by atoms with Crippen molar-refractivity contribution in [2.24, 2.45) is 0 Å². The Hall–Kier alpha value is -2.84. The van der Waals surface area contributed by atoms with E-state index in [4.69, 9.17) is 9.05 Å². The van der Waals surface area contributed by atoms with E-state index in [0.29, 0.717) is 17.4 Å². The number of nitrogens with one attached hydrogen (secondary N) is 1. The first-order valence-corrected chi connectivity index (χ1v) is 37.3. The van der Waals surface area contributed by atoms with E-state index >= 15 is 0 Å². The van der Waals surface area contributed by atoms with Gasteiger partial charge in [0.2, 0.25) is 5.91 Å². The Morgan fingerprint density at radius 1 is 0.412 bits per heavy atom. The molecule has 0 aliphatic carbocycles. The van der Waals surface area contributed by atoms with Crippen molar-refractivity contribution in [1.82, 2.24) is 5.32 Å². The Kier molecular flexibility index (Phi) is 63.4. The van der Waals surface area contributed by atoms with Crippen molar-refractivity contribution in [2.45, 2.75) is 328 Å². The monoisotopic (exact) mass is 1210 g/mol. The third-order valence-corrected chi connectivity index (χ3v) is 16.7. The summed E-state index contributed by atoms with van der Waals surface area (Å²) >= 11 is 0. The Morgan fingerprint density at radius 3 is 1.08 bits per heavy atom. The first kappa shape index (κ1) is 82.2. The van der Waals surface area contributed by atoms with Crippen molar-refractivity contribution in [2.75, 3.05) is 40.9 Å². The highest BCUT2D eigenvalue weighted by atomic mass is 31.2. The zero-order valence-electron chi connectivity index (χ0n) is 56.3. The van der Waals surface area contributed by atoms with Gasteiger partial charge in [0.1, 0.15) is 13.2 Å². The van der Waals surface area contributed by atoms with E-state index in [2.05, 4.69) is 116 Å². The van der Waals surface area contributed by atoms with Crippen molar-refractivity contribution in [3.63, 3.8) is 0 Å². The van der Waals surface area contributed by atoms with E-state index in [1.807, 2.05) is 27.2 Å². The zero-order chi connectivity index (χ0) is 61.9. The number of phosphoric ester groups is 1. The highest BCUT2D eigenvalue weighted by Gasteiger charge is 2.28. The summed E-state index contributed by atoms with van der Waals surface area (Å²) in [6, 6.07) is -0.872. The lowest BCUT2D eigenvalue weighted by atomic mass is 10.0. The fourth-order valence-corrected chi connectivity index (χ4v) is 11.0. The van der Waals surface area contributed by atoms with Gasteiger partial charge >= 0.3 is 7.82 Å². The van der Waals surface area contributed by atoms with Crippen LogP contribution >= 0.6 is 7.82 Å². The molecular formula is C76H138N2O6P+. The molecule has 492 valence electrons. The van der Waals surface area contributed by atoms with Gasteiger partial charge in [0.05, 0.1) is 39.9 Å². The van der Waals surface area contributed by atoms with Gasteiger partial charge < -0.3 is 19.8 Å². The van der Waals surface area contributed by atoms with Crippen LogP contribution in [0.2, 0.25) is 0 Å². The number of hydrogen-bond acceptors (Lipinski definition) is 5. The first-order chi connectivity index (χ1) is 41.5. The third kappa shape index (κ3) is 68.5. The molecule has 0 fully saturated rings. The largest absolute Gasteiger partial charge is 0.472 e. The van der Waals surface area contributed by atoms with Crippen LogP contribution in [0.1, 0.15) is 316 Å². The highest BCUT2D eigenvalue weighted by Crippen LogP contribution is 2.43. The van der Waals surface area contributed by atoms with E-state index < -0.39 is 20.0 Å². The third-order valence-electron chi connectivity index (χ3n) is 15.7. The Morgan fingerprint density at radius 2 is 0.718 bits per heavy atom. The fraction of sp³-hybridized carbons (Fsp3) is 0.750. The minimum atomic E-state index is -4.37. The number of phosphoric acid groups is 1. The summed E-state index contributed by atoms with van der Waals surface area (Å²) in [5, 5.41) is 14.0. The van der Waals surface area contributed by atoms with Gasteiger partial charge in [0.15, 0.2) is 0 Å². The molecule has 85 heavy (non-hydrogen) atoms. The van der Waals surface area contributed by atoms with Crippen molar-refractivity contribution in [1.29, 1.82) is 0 Å². The maximum atomic E-state index is 13.1. The second kappa shape index (κ2) is 65.6. The Labute approximate surface area is 527 Å². The lowest BCUT2D eigenvalue weighted by Gasteiger charge is -2.25. The molecule has 0 aromatic heterocycles. The van der Waals surface area contributed by atoms with Gasteiger partial charge in [-0.2, -0.15) is 0 Å². The Bertz CT molecular complexity index is 1760. The molecule has 3 N–H and O–H groups in total. The lowest BCUT2D eigenvalue weighted by molar-refractivity contribution is -0.870. The van der Waals surface area contributed by atoms with Crippen LogP contribution in [-0.2, 0) is 18.4 Å². The smallest absolute Gasteiger partial charge is 0.387 e. The molecular weight excluding hydrogens is 1070 g/mol. The number of aliphatic hydroxyl groups is 1. The van der Waals surface area contributed by atoms with Gasteiger partial charge in [0.25, 0.3) is 0 Å². The number of allylic oxidation sites excluding steroid dienone is 17. The van der Waals surface area contributed by atoms with Crippen molar-refractivity contribution < 1.29 is 32.9 Å². The quantitative estimate of drug-likeness (QED) is 0.0243. The molecule has 9 heteroatoms. The minimum Gasteiger partial charge on any atom is -0.387 e. The van der Waals surface area contributed by atoms with Gasteiger partial charge in [0, 0.05) is 6.42 Å². The second-order valence-corrected chi connectivity index (χ2v) is 26.7. The summed E-state index contributed by atoms with van der Waals surface area (Å²) in [5.74, 6) is -0.189. The van der Waals surface area contributed by atoms with Crippen LogP contribution in [0.4, 0.5) is 0 Å². The number of unbranched alkanes of at least 4 members (excludes halogenated alkanes) is 36. The standard InChI is InChI=1S/C76H137N2O6P/c1-6-8-10-12-14-16-18-20-22-24-26-28-30-32-34-36-37-38-39-40-41-42-44-46-48-50-52-54-56-58-60-62-64-66-68-70-76(80)77-74(73-84-85(81,82)83-72-71-78(3,4)5)75(79)69-67-65-63-61-59-57-55-53-51-49-47-45-43-35-33-31-29-27-25-23-21-19-17-15-13-11-9-7-2/h8,10,14,16,20,22,26,28,32,34,37-38,40-41,59,61,67,69,74-75,79H,6-7,9,11-13,15,17-19,21,23-25,27,29-31,33,35-36,39,42-58,60,62-66,68,70-73H2,1-5H3,(H-,77,80,81,82)/p+1/b10-8-,16-14-,22-20-,28-26-,34-32-,38-37-,41-40-,61-59+,69-67+. The molecule has 0 bridgehead atoms. The number of nitrogens with zero attached hydrogens (tertiary/aromatic N) is 1. The number of quaternary nitrogens is 1. The summed E-state index contributed by atoms with van der Waals surface area (Å²) in [6.45, 7) is 4.71. The summed E-state index contributed by atoms with van der Waals surface area (Å²) in [5.41, 5.74) is 0. The number of rotatable bonds is 65. The number of carbonyl (C=O) groups is 1. The van der Waals surface area contributed by atoms with Gasteiger partial charge in [-0.25, -0.2) is 4.57 Å². The summed E-state index contributed by atoms with van der Waals surface area (Å²) < 4.78 is 23.8. The molecule has 0 saturated heterocycles. The number of likely N-dealkylation sites (N-methyl/N-ethyl adjacent to an activating group) is 1. The predicted molar refractivity (Wildman–Crippen MR) is 373 cm³/mol. The maximum Gasteiger partial charge on any atom is 0.472 e. The molecule has 0 aromatic carbocycles. The maximum absolute atomic E-state index is 13.1. The summed E-state index contributed by atoms with van der Waals surface area (Å²) in [4.78, 5) is 23.4. The average molecular weight is 1210 g/mol. The molecule has 1 amide bonds. The molecule has 8 nitrogen and oxygen atoms in total. The van der Waals surface area contributed by atoms with E-state index in [1.54, 1.807) is 6.08 Å². The fourth-order valence-electron chi connectivity index (χ4n) is 10.2. The van der Waals surface area contributed by atoms with Crippen molar-refractivity contribution in [3.05, 3.63) is 109 Å². The van der Waals surface area contributed by atoms with Crippen LogP contribution in [0.3, 0.4) is 0 Å². The highest BCUT2D eigenvalue weighted by molar-refractivity contribution is 7.47. The molecule has 3 unspecified atom stereocenters. The SMILES string of the molecule is CC/C=C\C/C=C\C/C=C\C/C=C\C/C=C\C/C=C\C/C=C\CCCCCCCCCCCCCCCC(=O)NC(COP(=O)(O)OCC[N+](C)(C)C)C(O)/C=C/CC/C=C/CCCCCCCCCCCCCCCCCCCCCCCC. The number of amides is 1. The Balaban J connectivity index is 4.12. The van der Waals surface area contributed by atoms with Crippen molar-refractivity contribution >= 4 is 13.7 Å². The second-order valence-electron chi connectivity index (χ2n) is 25.2. The molecule has 0 aliphatic heterocycles. The van der Waals surface area contributed by atoms with Crippen LogP contribution in [0.5, 0.6) is 0 Å². The van der Waals surface area contributed by atoms with Gasteiger partial charge in [-0.3, -0.25) is 13.8 Å². The summed E-state index contributed by atoms with van der Waals surface area (Å²) in [6.07, 6.45) is 96.7. The molecule has 0 heterocycles. The van der Waals surface area contributed by atoms with Crippen LogP contribution in [0.15, 0.2) is 109 Å². The van der Waals surface area contributed by atoms with Crippen LogP contribution in [-0.4, -0.2) is 73.4 Å². The van der Waals surface area contributed by atoms with Crippen molar-refractivity contribution in [3.8, 4) is 0 Å². The number of hydrogen-bond donors (Lipinski definition) is 3. The minimum absolute atomic E-state index is 0.0523. The van der Waals surface area contributed by atoms with E-state index in [9.17, 15) is 19.4 Å². The van der Waals surface area contributed by atoms with E-state index in [1.165, 1.54) is 212 Å². The van der Waals surface area contributed by atoms with Crippen LogP contribution in [0.25, 0.3) is 0 Å². The van der Waals surface area contributed by atoms with Crippen LogP contribution in [0, 0.1) is 0 Å². The average Bonchev–Trinajstić information content (AvgIpc) is 3.48. The molecule has 0 radical (unpaired) electrons. The number of carbonyl (C=O) groups excluding carboxylic acids is 1. The van der Waals surface area contributed by atoms with E-state index in [0.717, 1.165) is 83.5 Å². The molecule has 3 atom stereocenters. The normalized spacial score (nSPS) is 14.3. The molecule has 0 rings (SSSR count). The first-order valence-electron chi connectivity index (χ1n) is 35.8. The molecule has 0 aliphatic rings. The predicted octanol–water partition coefficient (Wildman–Crippen LogP) is 23.1. The van der Waals surface area contributed by atoms with Gasteiger partial charge in [-0.1, -0.05) is 329 Å². The van der Waals surface area contributed by atoms with Gasteiger partial charge in [-0.15, -0.1) is 0 Å². The van der Waals surface area contributed by atoms with Crippen LogP contribution < -0.4 is 5.32 Å².